The Hall–Kier alpha value is -2.23. The summed E-state index contributed by atoms with van der Waals surface area (Å²) in [4.78, 5) is 28.9. The van der Waals surface area contributed by atoms with Crippen molar-refractivity contribution in [3.63, 3.8) is 0 Å². The van der Waals surface area contributed by atoms with Crippen LogP contribution in [-0.4, -0.2) is 62.8 Å². The molecule has 0 radical (unpaired) electrons. The second kappa shape index (κ2) is 8.64. The fourth-order valence-corrected chi connectivity index (χ4v) is 4.59. The minimum Gasteiger partial charge on any atom is -0.339 e. The van der Waals surface area contributed by atoms with E-state index < -0.39 is 10.0 Å². The van der Waals surface area contributed by atoms with Gasteiger partial charge >= 0.3 is 0 Å². The second-order valence-corrected chi connectivity index (χ2v) is 8.83. The van der Waals surface area contributed by atoms with Gasteiger partial charge in [0.25, 0.3) is 5.91 Å². The average Bonchev–Trinajstić information content (AvgIpc) is 3.23. The van der Waals surface area contributed by atoms with Gasteiger partial charge in [0.15, 0.2) is 0 Å². The zero-order valence-electron chi connectivity index (χ0n) is 14.7. The fourth-order valence-electron chi connectivity index (χ4n) is 2.85. The van der Waals surface area contributed by atoms with Gasteiger partial charge in [-0.05, 0) is 23.6 Å². The molecule has 2 amide bonds. The SMILES string of the molecule is O=C(CCNS(=O)(=O)c1ccccc1)N1CCN(C(=O)c2cccs2)CC1. The zero-order chi connectivity index (χ0) is 19.3. The van der Waals surface area contributed by atoms with Crippen LogP contribution in [-0.2, 0) is 14.8 Å². The van der Waals surface area contributed by atoms with E-state index in [1.165, 1.54) is 23.5 Å². The summed E-state index contributed by atoms with van der Waals surface area (Å²) in [6, 6.07) is 11.7. The van der Waals surface area contributed by atoms with Crippen molar-refractivity contribution >= 4 is 33.2 Å². The standard InChI is InChI=1S/C18H21N3O4S2/c22-17(8-9-19-27(24,25)15-5-2-1-3-6-15)20-10-12-21(13-11-20)18(23)16-7-4-14-26-16/h1-7,14,19H,8-13H2. The summed E-state index contributed by atoms with van der Waals surface area (Å²) < 4.78 is 26.7. The van der Waals surface area contributed by atoms with Gasteiger partial charge in [-0.3, -0.25) is 9.59 Å². The molecule has 7 nitrogen and oxygen atoms in total. The van der Waals surface area contributed by atoms with Gasteiger partial charge in [0.2, 0.25) is 15.9 Å². The van der Waals surface area contributed by atoms with Crippen LogP contribution in [0.3, 0.4) is 0 Å². The Kier molecular flexibility index (Phi) is 6.25. The lowest BCUT2D eigenvalue weighted by Gasteiger charge is -2.34. The van der Waals surface area contributed by atoms with Crippen LogP contribution in [0.1, 0.15) is 16.1 Å². The van der Waals surface area contributed by atoms with Crippen LogP contribution in [0.15, 0.2) is 52.7 Å². The molecule has 0 saturated carbocycles. The molecule has 1 aromatic heterocycles. The van der Waals surface area contributed by atoms with Crippen LogP contribution in [0.4, 0.5) is 0 Å². The van der Waals surface area contributed by atoms with Crippen LogP contribution in [0.2, 0.25) is 0 Å². The molecule has 0 atom stereocenters. The first-order valence-electron chi connectivity index (χ1n) is 8.62. The minimum atomic E-state index is -3.60. The number of nitrogens with zero attached hydrogens (tertiary/aromatic N) is 2. The van der Waals surface area contributed by atoms with Crippen LogP contribution >= 0.6 is 11.3 Å². The largest absolute Gasteiger partial charge is 0.339 e. The molecule has 1 fully saturated rings. The number of hydrogen-bond donors (Lipinski definition) is 1. The summed E-state index contributed by atoms with van der Waals surface area (Å²) in [6.45, 7) is 1.93. The molecule has 27 heavy (non-hydrogen) atoms. The van der Waals surface area contributed by atoms with E-state index in [1.807, 2.05) is 11.4 Å². The van der Waals surface area contributed by atoms with E-state index >= 15 is 0 Å². The first-order valence-corrected chi connectivity index (χ1v) is 11.0. The maximum Gasteiger partial charge on any atom is 0.264 e. The third kappa shape index (κ3) is 4.94. The Bertz CT molecular complexity index is 875. The van der Waals surface area contributed by atoms with E-state index in [0.29, 0.717) is 31.1 Å². The van der Waals surface area contributed by atoms with Gasteiger partial charge in [-0.25, -0.2) is 13.1 Å². The van der Waals surface area contributed by atoms with Crippen LogP contribution < -0.4 is 4.72 Å². The zero-order valence-corrected chi connectivity index (χ0v) is 16.3. The Balaban J connectivity index is 1.44. The number of piperazine rings is 1. The lowest BCUT2D eigenvalue weighted by Crippen LogP contribution is -2.50. The van der Waals surface area contributed by atoms with Crippen molar-refractivity contribution in [2.75, 3.05) is 32.7 Å². The summed E-state index contributed by atoms with van der Waals surface area (Å²) in [5.74, 6) is -0.123. The Morgan fingerprint density at radius 2 is 1.63 bits per heavy atom. The van der Waals surface area contributed by atoms with Crippen molar-refractivity contribution in [1.82, 2.24) is 14.5 Å². The molecule has 0 bridgehead atoms. The average molecular weight is 408 g/mol. The predicted molar refractivity (Wildman–Crippen MR) is 103 cm³/mol. The number of thiophene rings is 1. The monoisotopic (exact) mass is 407 g/mol. The highest BCUT2D eigenvalue weighted by atomic mass is 32.2. The second-order valence-electron chi connectivity index (χ2n) is 6.11. The Morgan fingerprint density at radius 3 is 2.26 bits per heavy atom. The molecule has 1 aromatic carbocycles. The maximum absolute atomic E-state index is 12.3. The van der Waals surface area contributed by atoms with Crippen LogP contribution in [0, 0.1) is 0 Å². The Labute approximate surface area is 162 Å². The lowest BCUT2D eigenvalue weighted by atomic mass is 10.2. The topological polar surface area (TPSA) is 86.8 Å². The number of nitrogens with one attached hydrogen (secondary N) is 1. The minimum absolute atomic E-state index is 0.00674. The highest BCUT2D eigenvalue weighted by Crippen LogP contribution is 2.14. The van der Waals surface area contributed by atoms with Crippen molar-refractivity contribution in [3.05, 3.63) is 52.7 Å². The van der Waals surface area contributed by atoms with E-state index in [-0.39, 0.29) is 29.7 Å². The van der Waals surface area contributed by atoms with E-state index in [0.717, 1.165) is 0 Å². The van der Waals surface area contributed by atoms with Gasteiger partial charge < -0.3 is 9.80 Å². The smallest absolute Gasteiger partial charge is 0.264 e. The summed E-state index contributed by atoms with van der Waals surface area (Å²) >= 11 is 1.41. The quantitative estimate of drug-likeness (QED) is 0.784. The van der Waals surface area contributed by atoms with Crippen LogP contribution in [0.5, 0.6) is 0 Å². The molecule has 1 N–H and O–H groups in total. The van der Waals surface area contributed by atoms with Gasteiger partial charge in [-0.1, -0.05) is 24.3 Å². The third-order valence-corrected chi connectivity index (χ3v) is 6.67. The molecule has 2 heterocycles. The van der Waals surface area contributed by atoms with Crippen molar-refractivity contribution in [2.24, 2.45) is 0 Å². The number of carbonyl (C=O) groups is 2. The number of hydrogen-bond acceptors (Lipinski definition) is 5. The fraction of sp³-hybridized carbons (Fsp3) is 0.333. The predicted octanol–water partition coefficient (Wildman–Crippen LogP) is 1.40. The van der Waals surface area contributed by atoms with E-state index in [2.05, 4.69) is 4.72 Å². The molecule has 0 unspecified atom stereocenters. The van der Waals surface area contributed by atoms with Crippen molar-refractivity contribution in [1.29, 1.82) is 0 Å². The summed E-state index contributed by atoms with van der Waals surface area (Å²) in [5, 5.41) is 1.86. The Morgan fingerprint density at radius 1 is 0.963 bits per heavy atom. The molecular weight excluding hydrogens is 386 g/mol. The summed E-state index contributed by atoms with van der Waals surface area (Å²) in [6.07, 6.45) is 0.0882. The molecule has 0 aliphatic carbocycles. The highest BCUT2D eigenvalue weighted by Gasteiger charge is 2.25. The molecule has 1 aliphatic rings. The third-order valence-electron chi connectivity index (χ3n) is 4.34. The normalized spacial score (nSPS) is 15.0. The number of rotatable bonds is 6. The molecular formula is C18H21N3O4S2. The summed E-state index contributed by atoms with van der Waals surface area (Å²) in [5.41, 5.74) is 0. The number of amides is 2. The molecule has 9 heteroatoms. The maximum atomic E-state index is 12.3. The van der Waals surface area contributed by atoms with E-state index in [9.17, 15) is 18.0 Å². The van der Waals surface area contributed by atoms with Crippen molar-refractivity contribution in [2.45, 2.75) is 11.3 Å². The number of carbonyl (C=O) groups excluding carboxylic acids is 2. The molecule has 2 aromatic rings. The lowest BCUT2D eigenvalue weighted by molar-refractivity contribution is -0.132. The molecule has 3 rings (SSSR count). The van der Waals surface area contributed by atoms with E-state index in [1.54, 1.807) is 34.1 Å². The van der Waals surface area contributed by atoms with Gasteiger partial charge in [0.1, 0.15) is 0 Å². The first-order chi connectivity index (χ1) is 13.0. The van der Waals surface area contributed by atoms with Crippen molar-refractivity contribution < 1.29 is 18.0 Å². The number of sulfonamides is 1. The first kappa shape index (κ1) is 19.5. The highest BCUT2D eigenvalue weighted by molar-refractivity contribution is 7.89. The van der Waals surface area contributed by atoms with Gasteiger partial charge in [0.05, 0.1) is 9.77 Å². The van der Waals surface area contributed by atoms with Crippen molar-refractivity contribution in [3.8, 4) is 0 Å². The summed E-state index contributed by atoms with van der Waals surface area (Å²) in [7, 11) is -3.60. The molecule has 144 valence electrons. The van der Waals surface area contributed by atoms with Gasteiger partial charge in [-0.2, -0.15) is 0 Å². The molecule has 1 saturated heterocycles. The molecule has 1 aliphatic heterocycles. The van der Waals surface area contributed by atoms with Crippen LogP contribution in [0.25, 0.3) is 0 Å². The molecule has 0 spiro atoms. The van der Waals surface area contributed by atoms with Gasteiger partial charge in [-0.15, -0.1) is 11.3 Å². The number of benzene rings is 1. The van der Waals surface area contributed by atoms with E-state index in [4.69, 9.17) is 0 Å². The van der Waals surface area contributed by atoms with Gasteiger partial charge in [0, 0.05) is 39.1 Å².